The number of carbonyl (C=O) groups excluding carboxylic acids is 1. The Labute approximate surface area is 124 Å². The lowest BCUT2D eigenvalue weighted by Gasteiger charge is -2.09. The van der Waals surface area contributed by atoms with Crippen LogP contribution >= 0.6 is 15.9 Å². The van der Waals surface area contributed by atoms with Crippen LogP contribution in [0, 0.1) is 18.3 Å². The molecule has 100 valence electrons. The van der Waals surface area contributed by atoms with E-state index >= 15 is 0 Å². The van der Waals surface area contributed by atoms with E-state index in [2.05, 4.69) is 31.5 Å². The Morgan fingerprint density at radius 3 is 2.60 bits per heavy atom. The molecule has 0 bridgehead atoms. The quantitative estimate of drug-likeness (QED) is 0.881. The van der Waals surface area contributed by atoms with Gasteiger partial charge in [-0.05, 0) is 58.7 Å². The average Bonchev–Trinajstić information content (AvgIpc) is 2.43. The summed E-state index contributed by atoms with van der Waals surface area (Å²) in [4.78, 5) is 16.0. The Morgan fingerprint density at radius 2 is 2.00 bits per heavy atom. The number of carbonyl (C=O) groups is 1. The van der Waals surface area contributed by atoms with Crippen molar-refractivity contribution in [1.82, 2.24) is 4.98 Å². The van der Waals surface area contributed by atoms with E-state index in [1.807, 2.05) is 19.1 Å². The topological polar surface area (TPSA) is 77.8 Å². The van der Waals surface area contributed by atoms with Crippen molar-refractivity contribution in [3.05, 3.63) is 52.1 Å². The van der Waals surface area contributed by atoms with E-state index in [4.69, 9.17) is 5.26 Å². The number of aromatic nitrogens is 1. The molecule has 0 aliphatic rings. The summed E-state index contributed by atoms with van der Waals surface area (Å²) >= 11 is 3.31. The summed E-state index contributed by atoms with van der Waals surface area (Å²) in [6.07, 6.45) is 1.62. The fourth-order valence-corrected chi connectivity index (χ4v) is 2.02. The lowest BCUT2D eigenvalue weighted by Crippen LogP contribution is -2.20. The van der Waals surface area contributed by atoms with E-state index in [0.29, 0.717) is 17.1 Å². The van der Waals surface area contributed by atoms with Crippen LogP contribution in [0.1, 0.15) is 11.1 Å². The van der Waals surface area contributed by atoms with Crippen molar-refractivity contribution in [2.24, 2.45) is 0 Å². The first-order valence-electron chi connectivity index (χ1n) is 5.79. The minimum atomic E-state index is -0.382. The Kier molecular flexibility index (Phi) is 4.33. The van der Waals surface area contributed by atoms with Crippen molar-refractivity contribution in [2.45, 2.75) is 6.92 Å². The van der Waals surface area contributed by atoms with Crippen LogP contribution in [0.15, 0.2) is 41.0 Å². The van der Waals surface area contributed by atoms with E-state index < -0.39 is 0 Å². The van der Waals surface area contributed by atoms with Crippen molar-refractivity contribution >= 4 is 33.5 Å². The minimum Gasteiger partial charge on any atom is -0.308 e. The predicted octanol–water partition coefficient (Wildman–Crippen LogP) is 3.67. The second kappa shape index (κ2) is 6.17. The van der Waals surface area contributed by atoms with E-state index in [0.717, 1.165) is 10.0 Å². The molecule has 0 spiro atoms. The van der Waals surface area contributed by atoms with Crippen LogP contribution in [0.3, 0.4) is 0 Å². The summed E-state index contributed by atoms with van der Waals surface area (Å²) in [5.41, 5.74) is 2.01. The number of aryl methyl sites for hydroxylation is 1. The van der Waals surface area contributed by atoms with Gasteiger partial charge >= 0.3 is 6.03 Å². The van der Waals surface area contributed by atoms with E-state index in [9.17, 15) is 4.79 Å². The van der Waals surface area contributed by atoms with Crippen LogP contribution < -0.4 is 10.6 Å². The van der Waals surface area contributed by atoms with Gasteiger partial charge in [0, 0.05) is 16.4 Å². The number of amides is 2. The summed E-state index contributed by atoms with van der Waals surface area (Å²) in [7, 11) is 0. The molecule has 0 aliphatic carbocycles. The SMILES string of the molecule is Cc1cc(Br)cnc1NC(=O)Nc1ccc(C#N)cc1. The normalized spacial score (nSPS) is 9.65. The number of benzene rings is 1. The lowest BCUT2D eigenvalue weighted by molar-refractivity contribution is 0.262. The number of halogens is 1. The summed E-state index contributed by atoms with van der Waals surface area (Å²) in [6.45, 7) is 1.86. The maximum atomic E-state index is 11.8. The van der Waals surface area contributed by atoms with Crippen molar-refractivity contribution in [3.8, 4) is 6.07 Å². The first-order chi connectivity index (χ1) is 9.58. The van der Waals surface area contributed by atoms with Gasteiger partial charge in [0.05, 0.1) is 11.6 Å². The maximum Gasteiger partial charge on any atom is 0.324 e. The van der Waals surface area contributed by atoms with Gasteiger partial charge in [-0.2, -0.15) is 5.26 Å². The van der Waals surface area contributed by atoms with E-state index in [-0.39, 0.29) is 6.03 Å². The van der Waals surface area contributed by atoms with Gasteiger partial charge < -0.3 is 5.32 Å². The third-order valence-electron chi connectivity index (χ3n) is 2.55. The van der Waals surface area contributed by atoms with Gasteiger partial charge in [0.25, 0.3) is 0 Å². The van der Waals surface area contributed by atoms with E-state index in [1.165, 1.54) is 0 Å². The highest BCUT2D eigenvalue weighted by atomic mass is 79.9. The van der Waals surface area contributed by atoms with Gasteiger partial charge in [-0.25, -0.2) is 9.78 Å². The van der Waals surface area contributed by atoms with Crippen molar-refractivity contribution in [1.29, 1.82) is 5.26 Å². The van der Waals surface area contributed by atoms with Crippen molar-refractivity contribution in [3.63, 3.8) is 0 Å². The number of nitrogens with one attached hydrogen (secondary N) is 2. The largest absolute Gasteiger partial charge is 0.324 e. The van der Waals surface area contributed by atoms with Crippen LogP contribution in [-0.2, 0) is 0 Å². The number of nitriles is 1. The number of hydrogen-bond donors (Lipinski definition) is 2. The number of nitrogens with zero attached hydrogens (tertiary/aromatic N) is 2. The number of pyridine rings is 1. The summed E-state index contributed by atoms with van der Waals surface area (Å²) in [5.74, 6) is 0.499. The van der Waals surface area contributed by atoms with Crippen LogP contribution in [-0.4, -0.2) is 11.0 Å². The van der Waals surface area contributed by atoms with Gasteiger partial charge in [-0.1, -0.05) is 0 Å². The molecular formula is C14H11BrN4O. The highest BCUT2D eigenvalue weighted by molar-refractivity contribution is 9.10. The third-order valence-corrected chi connectivity index (χ3v) is 2.98. The molecule has 1 aromatic carbocycles. The van der Waals surface area contributed by atoms with Crippen LogP contribution in [0.25, 0.3) is 0 Å². The number of urea groups is 1. The number of hydrogen-bond acceptors (Lipinski definition) is 3. The molecule has 0 atom stereocenters. The summed E-state index contributed by atoms with van der Waals surface area (Å²) in [6, 6.07) is 10.1. The molecule has 0 radical (unpaired) electrons. The highest BCUT2D eigenvalue weighted by Crippen LogP contribution is 2.17. The second-order valence-electron chi connectivity index (χ2n) is 4.09. The fourth-order valence-electron chi connectivity index (χ4n) is 1.57. The van der Waals surface area contributed by atoms with Gasteiger partial charge in [0.15, 0.2) is 0 Å². The van der Waals surface area contributed by atoms with Crippen molar-refractivity contribution < 1.29 is 4.79 Å². The molecule has 5 nitrogen and oxygen atoms in total. The molecule has 6 heteroatoms. The second-order valence-corrected chi connectivity index (χ2v) is 5.00. The minimum absolute atomic E-state index is 0.382. The monoisotopic (exact) mass is 330 g/mol. The first kappa shape index (κ1) is 14.0. The smallest absolute Gasteiger partial charge is 0.308 e. The van der Waals surface area contributed by atoms with Gasteiger partial charge in [0.2, 0.25) is 0 Å². The predicted molar refractivity (Wildman–Crippen MR) is 80.5 cm³/mol. The Morgan fingerprint density at radius 1 is 1.30 bits per heavy atom. The molecule has 2 N–H and O–H groups in total. The number of rotatable bonds is 2. The molecule has 2 aromatic rings. The summed E-state index contributed by atoms with van der Waals surface area (Å²) < 4.78 is 0.855. The zero-order chi connectivity index (χ0) is 14.5. The van der Waals surface area contributed by atoms with E-state index in [1.54, 1.807) is 30.5 Å². The lowest BCUT2D eigenvalue weighted by atomic mass is 10.2. The zero-order valence-corrected chi connectivity index (χ0v) is 12.2. The maximum absolute atomic E-state index is 11.8. The first-order valence-corrected chi connectivity index (χ1v) is 6.58. The van der Waals surface area contributed by atoms with Crippen LogP contribution in [0.4, 0.5) is 16.3 Å². The molecular weight excluding hydrogens is 320 g/mol. The Bertz CT molecular complexity index is 677. The van der Waals surface area contributed by atoms with Crippen molar-refractivity contribution in [2.75, 3.05) is 10.6 Å². The zero-order valence-electron chi connectivity index (χ0n) is 10.6. The Balaban J connectivity index is 2.03. The molecule has 1 aromatic heterocycles. The average molecular weight is 331 g/mol. The fraction of sp³-hybridized carbons (Fsp3) is 0.0714. The van der Waals surface area contributed by atoms with Gasteiger partial charge in [-0.15, -0.1) is 0 Å². The molecule has 2 rings (SSSR count). The molecule has 2 amide bonds. The Hall–Kier alpha value is -2.39. The standard InChI is InChI=1S/C14H11BrN4O/c1-9-6-11(15)8-17-13(9)19-14(20)18-12-4-2-10(7-16)3-5-12/h2-6,8H,1H3,(H2,17,18,19,20). The molecule has 0 saturated carbocycles. The van der Waals surface area contributed by atoms with Gasteiger partial charge in [0.1, 0.15) is 5.82 Å². The molecule has 0 saturated heterocycles. The molecule has 20 heavy (non-hydrogen) atoms. The van der Waals surface area contributed by atoms with Gasteiger partial charge in [-0.3, -0.25) is 5.32 Å². The van der Waals surface area contributed by atoms with Crippen LogP contribution in [0.2, 0.25) is 0 Å². The van der Waals surface area contributed by atoms with Crippen LogP contribution in [0.5, 0.6) is 0 Å². The summed E-state index contributed by atoms with van der Waals surface area (Å²) in [5, 5.41) is 14.0. The molecule has 0 aliphatic heterocycles. The third kappa shape index (κ3) is 3.56. The molecule has 0 unspecified atom stereocenters. The highest BCUT2D eigenvalue weighted by Gasteiger charge is 2.06. The molecule has 1 heterocycles. The number of anilines is 2. The molecule has 0 fully saturated rings.